The normalized spacial score (nSPS) is 11.2. The number of rotatable bonds is 6. The van der Waals surface area contributed by atoms with Gasteiger partial charge in [0, 0.05) is 18.4 Å². The molecular weight excluding hydrogens is 326 g/mol. The van der Waals surface area contributed by atoms with E-state index in [1.54, 1.807) is 21.3 Å². The Morgan fingerprint density at radius 3 is 1.50 bits per heavy atom. The van der Waals surface area contributed by atoms with Crippen LogP contribution < -0.4 is 15.2 Å². The average molecular weight is 349 g/mol. The predicted molar refractivity (Wildman–Crippen MR) is 104 cm³/mol. The largest absolute Gasteiger partial charge is 0.497 e. The topological polar surface area (TPSA) is 53.7 Å². The van der Waals surface area contributed by atoms with Crippen molar-refractivity contribution in [2.45, 2.75) is 5.60 Å². The molecule has 0 aliphatic carbocycles. The molecule has 0 amide bonds. The summed E-state index contributed by atoms with van der Waals surface area (Å²) in [6.07, 6.45) is 0. The van der Waals surface area contributed by atoms with E-state index in [1.807, 2.05) is 72.8 Å². The number of ether oxygens (including phenoxy) is 3. The van der Waals surface area contributed by atoms with Gasteiger partial charge in [-0.1, -0.05) is 42.5 Å². The molecule has 0 aliphatic rings. The summed E-state index contributed by atoms with van der Waals surface area (Å²) in [5, 5.41) is 0. The van der Waals surface area contributed by atoms with Gasteiger partial charge in [-0.2, -0.15) is 0 Å². The number of methoxy groups -OCH3 is 3. The highest BCUT2D eigenvalue weighted by atomic mass is 16.5. The van der Waals surface area contributed by atoms with E-state index in [0.29, 0.717) is 5.69 Å². The van der Waals surface area contributed by atoms with E-state index in [0.717, 1.165) is 28.2 Å². The van der Waals surface area contributed by atoms with Crippen molar-refractivity contribution in [1.82, 2.24) is 0 Å². The van der Waals surface area contributed by atoms with E-state index in [4.69, 9.17) is 19.9 Å². The van der Waals surface area contributed by atoms with E-state index in [9.17, 15) is 0 Å². The van der Waals surface area contributed by atoms with Crippen molar-refractivity contribution in [2.75, 3.05) is 27.1 Å². The Hall–Kier alpha value is -2.98. The van der Waals surface area contributed by atoms with E-state index in [-0.39, 0.29) is 0 Å². The highest BCUT2D eigenvalue weighted by Gasteiger charge is 2.38. The second kappa shape index (κ2) is 7.50. The van der Waals surface area contributed by atoms with Crippen LogP contribution in [0, 0.1) is 0 Å². The van der Waals surface area contributed by atoms with Gasteiger partial charge in [-0.05, 0) is 41.5 Å². The summed E-state index contributed by atoms with van der Waals surface area (Å²) >= 11 is 0. The van der Waals surface area contributed by atoms with Gasteiger partial charge in [0.2, 0.25) is 0 Å². The second-order valence-corrected chi connectivity index (χ2v) is 5.93. The van der Waals surface area contributed by atoms with Gasteiger partial charge in [0.25, 0.3) is 0 Å². The van der Waals surface area contributed by atoms with Crippen molar-refractivity contribution in [3.05, 3.63) is 89.5 Å². The fourth-order valence-electron chi connectivity index (χ4n) is 3.29. The Morgan fingerprint density at radius 2 is 1.12 bits per heavy atom. The van der Waals surface area contributed by atoms with Crippen molar-refractivity contribution in [3.63, 3.8) is 0 Å². The van der Waals surface area contributed by atoms with Crippen LogP contribution in [0.25, 0.3) is 0 Å². The molecule has 4 heteroatoms. The van der Waals surface area contributed by atoms with Gasteiger partial charge >= 0.3 is 0 Å². The Morgan fingerprint density at radius 1 is 0.654 bits per heavy atom. The molecule has 0 saturated heterocycles. The number of nitrogens with two attached hydrogens (primary N) is 1. The molecule has 0 aliphatic heterocycles. The molecule has 0 unspecified atom stereocenters. The standard InChI is InChI=1S/C22H23NO3/c1-24-18-12-8-16(9-13-18)22(26-3,20-6-4-5-7-21(20)23)17-10-14-19(25-2)15-11-17/h4-15H,23H2,1-3H3. The summed E-state index contributed by atoms with van der Waals surface area (Å²) < 4.78 is 16.8. The molecule has 0 bridgehead atoms. The van der Waals surface area contributed by atoms with Crippen LogP contribution in [0.1, 0.15) is 16.7 Å². The number of anilines is 1. The van der Waals surface area contributed by atoms with Gasteiger partial charge in [-0.25, -0.2) is 0 Å². The summed E-state index contributed by atoms with van der Waals surface area (Å²) in [7, 11) is 5.00. The molecule has 0 heterocycles. The highest BCUT2D eigenvalue weighted by Crippen LogP contribution is 2.43. The maximum atomic E-state index is 6.34. The van der Waals surface area contributed by atoms with Crippen LogP contribution in [0.3, 0.4) is 0 Å². The minimum absolute atomic E-state index is 0.668. The summed E-state index contributed by atoms with van der Waals surface area (Å²) in [5.41, 5.74) is 8.97. The molecule has 3 rings (SSSR count). The van der Waals surface area contributed by atoms with Crippen LogP contribution in [-0.2, 0) is 10.3 Å². The SMILES string of the molecule is COc1ccc(C(OC)(c2ccc(OC)cc2)c2ccccc2N)cc1. The van der Waals surface area contributed by atoms with Gasteiger partial charge in [0.1, 0.15) is 17.1 Å². The Balaban J connectivity index is 2.26. The fourth-order valence-corrected chi connectivity index (χ4v) is 3.29. The number of benzene rings is 3. The maximum absolute atomic E-state index is 6.34. The van der Waals surface area contributed by atoms with Crippen LogP contribution in [0.15, 0.2) is 72.8 Å². The zero-order valence-corrected chi connectivity index (χ0v) is 15.2. The van der Waals surface area contributed by atoms with Crippen LogP contribution in [0.4, 0.5) is 5.69 Å². The lowest BCUT2D eigenvalue weighted by Gasteiger charge is -2.35. The lowest BCUT2D eigenvalue weighted by atomic mass is 9.79. The zero-order chi connectivity index (χ0) is 18.6. The molecule has 0 atom stereocenters. The van der Waals surface area contributed by atoms with Crippen LogP contribution >= 0.6 is 0 Å². The summed E-state index contributed by atoms with van der Waals surface area (Å²) in [5.74, 6) is 1.57. The lowest BCUT2D eigenvalue weighted by Crippen LogP contribution is -2.32. The minimum Gasteiger partial charge on any atom is -0.497 e. The molecule has 2 N–H and O–H groups in total. The second-order valence-electron chi connectivity index (χ2n) is 5.93. The summed E-state index contributed by atoms with van der Waals surface area (Å²) in [6, 6.07) is 23.4. The molecule has 4 nitrogen and oxygen atoms in total. The number of hydrogen-bond acceptors (Lipinski definition) is 4. The molecule has 0 saturated carbocycles. The highest BCUT2D eigenvalue weighted by molar-refractivity contribution is 5.59. The first kappa shape index (κ1) is 17.8. The fraction of sp³-hybridized carbons (Fsp3) is 0.182. The van der Waals surface area contributed by atoms with Crippen molar-refractivity contribution < 1.29 is 14.2 Å². The third-order valence-corrected chi connectivity index (χ3v) is 4.64. The predicted octanol–water partition coefficient (Wildman–Crippen LogP) is 4.22. The monoisotopic (exact) mass is 349 g/mol. The number of nitrogen functional groups attached to an aromatic ring is 1. The van der Waals surface area contributed by atoms with E-state index >= 15 is 0 Å². The lowest BCUT2D eigenvalue weighted by molar-refractivity contribution is 0.0590. The Kier molecular flexibility index (Phi) is 5.14. The first-order valence-corrected chi connectivity index (χ1v) is 8.35. The van der Waals surface area contributed by atoms with Crippen LogP contribution in [-0.4, -0.2) is 21.3 Å². The van der Waals surface area contributed by atoms with Crippen molar-refractivity contribution >= 4 is 5.69 Å². The van der Waals surface area contributed by atoms with E-state index in [1.165, 1.54) is 0 Å². The van der Waals surface area contributed by atoms with E-state index in [2.05, 4.69) is 0 Å². The van der Waals surface area contributed by atoms with Crippen LogP contribution in [0.5, 0.6) is 11.5 Å². The number of para-hydroxylation sites is 1. The molecule has 26 heavy (non-hydrogen) atoms. The molecule has 0 spiro atoms. The first-order chi connectivity index (χ1) is 12.7. The zero-order valence-electron chi connectivity index (χ0n) is 15.2. The summed E-state index contributed by atoms with van der Waals surface area (Å²) in [4.78, 5) is 0. The quantitative estimate of drug-likeness (QED) is 0.535. The molecule has 3 aromatic rings. The minimum atomic E-state index is -0.843. The van der Waals surface area contributed by atoms with Crippen molar-refractivity contribution in [2.24, 2.45) is 0 Å². The number of hydrogen-bond donors (Lipinski definition) is 1. The smallest absolute Gasteiger partial charge is 0.145 e. The first-order valence-electron chi connectivity index (χ1n) is 8.35. The third-order valence-electron chi connectivity index (χ3n) is 4.64. The summed E-state index contributed by atoms with van der Waals surface area (Å²) in [6.45, 7) is 0. The molecule has 134 valence electrons. The van der Waals surface area contributed by atoms with Gasteiger partial charge in [-0.15, -0.1) is 0 Å². The van der Waals surface area contributed by atoms with E-state index < -0.39 is 5.60 Å². The maximum Gasteiger partial charge on any atom is 0.145 e. The molecular formula is C22H23NO3. The van der Waals surface area contributed by atoms with Gasteiger partial charge < -0.3 is 19.9 Å². The van der Waals surface area contributed by atoms with Gasteiger partial charge in [0.15, 0.2) is 0 Å². The Labute approximate surface area is 154 Å². The third kappa shape index (κ3) is 3.00. The Bertz CT molecular complexity index is 810. The molecule has 0 fully saturated rings. The molecule has 3 aromatic carbocycles. The van der Waals surface area contributed by atoms with Crippen LogP contribution in [0.2, 0.25) is 0 Å². The van der Waals surface area contributed by atoms with Gasteiger partial charge in [0.05, 0.1) is 14.2 Å². The van der Waals surface area contributed by atoms with Crippen molar-refractivity contribution in [3.8, 4) is 11.5 Å². The molecule has 0 radical (unpaired) electrons. The molecule has 0 aromatic heterocycles. The van der Waals surface area contributed by atoms with Crippen molar-refractivity contribution in [1.29, 1.82) is 0 Å². The average Bonchev–Trinajstić information content (AvgIpc) is 2.71. The van der Waals surface area contributed by atoms with Gasteiger partial charge in [-0.3, -0.25) is 0 Å².